The molecule has 3 N–H and O–H groups in total. The van der Waals surface area contributed by atoms with Gasteiger partial charge < -0.3 is 34.6 Å². The van der Waals surface area contributed by atoms with Gasteiger partial charge in [0.25, 0.3) is 34.1 Å². The Balaban J connectivity index is 0.000000305. The molecule has 21 nitrogen and oxygen atoms in total. The number of aldehydes is 1. The topological polar surface area (TPSA) is 250 Å². The smallest absolute Gasteiger partial charge is 0.364 e. The number of hydrogen-bond acceptors (Lipinski definition) is 14. The second-order valence-corrected chi connectivity index (χ2v) is 43.3. The highest BCUT2D eigenvalue weighted by Gasteiger charge is 2.22. The van der Waals surface area contributed by atoms with Crippen LogP contribution in [0.15, 0.2) is 101 Å². The van der Waals surface area contributed by atoms with Crippen LogP contribution in [0, 0.1) is 17.1 Å². The lowest BCUT2D eigenvalue weighted by atomic mass is 10.1. The Bertz CT molecular complexity index is 3680. The molecule has 466 valence electrons. The van der Waals surface area contributed by atoms with Gasteiger partial charge in [-0.2, -0.15) is 15.3 Å². The van der Waals surface area contributed by atoms with Crippen LogP contribution < -0.4 is 16.0 Å². The Morgan fingerprint density at radius 3 is 1.42 bits per heavy atom. The summed E-state index contributed by atoms with van der Waals surface area (Å²) in [6.45, 7) is 30.6. The number of nitrogens with zero attached hydrogens (tertiary/aromatic N) is 8. The normalized spacial score (nSPS) is 11.4. The van der Waals surface area contributed by atoms with Crippen molar-refractivity contribution < 1.29 is 46.2 Å². The fraction of sp³-hybridized carbons (Fsp3) is 0.417. The summed E-state index contributed by atoms with van der Waals surface area (Å²) >= 11 is 2.24. The number of halogens is 1. The van der Waals surface area contributed by atoms with E-state index >= 15 is 0 Å². The van der Waals surface area contributed by atoms with Gasteiger partial charge >= 0.3 is 5.88 Å². The van der Waals surface area contributed by atoms with E-state index in [4.69, 9.17) is 25.2 Å². The van der Waals surface area contributed by atoms with Crippen molar-refractivity contribution in [3.05, 3.63) is 128 Å². The molecule has 0 aliphatic carbocycles. The fourth-order valence-electron chi connectivity index (χ4n) is 7.77. The molecule has 8 rings (SSSR count). The monoisotopic (exact) mass is 1360 g/mol. The maximum absolute atomic E-state index is 12.2. The molecule has 0 atom stereocenters. The molecule has 3 amide bonds. The zero-order valence-corrected chi connectivity index (χ0v) is 56.3. The summed E-state index contributed by atoms with van der Waals surface area (Å²) in [5.41, 5.74) is 6.06. The third-order valence-corrected chi connectivity index (χ3v) is 19.9. The molecule has 4 aromatic heterocycles. The number of carbonyl (C=O) groups is 4. The van der Waals surface area contributed by atoms with Crippen LogP contribution in [0.4, 0.5) is 0 Å². The standard InChI is InChI=1S/C18H24N4O3Si.C16H23N3O3Si.C15H22IN3O2Si.C9H10NO2S.2CH4/c1-19-18(23)17-14-9-13(16-10-20-11-25-16)5-6-15(14)22(21-17)12-24-7-8-26(2,3)4;1-17-16(21)15-13-9-12(10-20)5-6-14(13)19(18-15)11-22-7-8-23(2,3)4;1-17-15(20)14-12-9-11(16)5-6-13(12)19(18-14)10-21-7-8-22(2,3)4;1-8-3-5-9(6-4-8)13(11,12)7-10-2;;/h5-6,9-11H,7-8,12H2,1-4H3,(H,19,23);5-6,9-10H,7-8,11H2,1-4H3,(H,17,21);5-6,9H,7-8,10H2,1-4H3,(H,17,20);2-6H,7H2,1H3;2*1H4/q;;;+1;;. The average molecular weight is 1370 g/mol. The zero-order chi connectivity index (χ0) is 62.0. The van der Waals surface area contributed by atoms with Crippen molar-refractivity contribution in [2.24, 2.45) is 0 Å². The van der Waals surface area contributed by atoms with Crippen LogP contribution in [0.25, 0.3) is 48.9 Å². The van der Waals surface area contributed by atoms with Gasteiger partial charge in [-0.25, -0.2) is 27.4 Å². The predicted octanol–water partition coefficient (Wildman–Crippen LogP) is 12.2. The Hall–Kier alpha value is -6.72. The molecular formula is C60H87IN11O10SSi3+. The number of benzene rings is 4. The summed E-state index contributed by atoms with van der Waals surface area (Å²) < 4.78 is 51.6. The summed E-state index contributed by atoms with van der Waals surface area (Å²) in [5, 5.41) is 23.4. The molecule has 86 heavy (non-hydrogen) atoms. The van der Waals surface area contributed by atoms with Crippen LogP contribution in [0.2, 0.25) is 77.1 Å². The third-order valence-electron chi connectivity index (χ3n) is 12.7. The minimum Gasteiger partial charge on any atom is -0.444 e. The van der Waals surface area contributed by atoms with Crippen molar-refractivity contribution in [2.45, 2.75) is 124 Å². The van der Waals surface area contributed by atoms with Crippen LogP contribution in [-0.4, -0.2) is 138 Å². The van der Waals surface area contributed by atoms with Gasteiger partial charge in [0, 0.05) is 96.0 Å². The second kappa shape index (κ2) is 33.4. The molecule has 8 aromatic rings. The molecule has 0 unspecified atom stereocenters. The quantitative estimate of drug-likeness (QED) is 0.0247. The molecule has 0 saturated carbocycles. The van der Waals surface area contributed by atoms with Crippen molar-refractivity contribution >= 4 is 113 Å². The lowest BCUT2D eigenvalue weighted by Gasteiger charge is -2.15. The Kier molecular flexibility index (Phi) is 28.6. The number of ether oxygens (including phenoxy) is 3. The van der Waals surface area contributed by atoms with Crippen molar-refractivity contribution in [1.29, 1.82) is 0 Å². The van der Waals surface area contributed by atoms with Crippen LogP contribution in [0.5, 0.6) is 0 Å². The van der Waals surface area contributed by atoms with Gasteiger partial charge in [0.1, 0.15) is 26.5 Å². The van der Waals surface area contributed by atoms with Crippen molar-refractivity contribution in [3.63, 3.8) is 0 Å². The van der Waals surface area contributed by atoms with E-state index in [0.717, 1.165) is 73.0 Å². The van der Waals surface area contributed by atoms with E-state index in [-0.39, 0.29) is 43.3 Å². The van der Waals surface area contributed by atoms with E-state index in [1.165, 1.54) is 6.39 Å². The number of hydrogen-bond donors (Lipinski definition) is 3. The zero-order valence-electron chi connectivity index (χ0n) is 50.3. The highest BCUT2D eigenvalue weighted by Crippen LogP contribution is 2.28. The predicted molar refractivity (Wildman–Crippen MR) is 360 cm³/mol. The molecule has 0 bridgehead atoms. The molecule has 0 spiro atoms. The lowest BCUT2D eigenvalue weighted by Crippen LogP contribution is -2.22. The second-order valence-electron chi connectivity index (χ2n) is 23.2. The lowest BCUT2D eigenvalue weighted by molar-refractivity contribution is 0.0803. The molecule has 0 radical (unpaired) electrons. The van der Waals surface area contributed by atoms with Gasteiger partial charge in [0.05, 0.1) is 27.6 Å². The first kappa shape index (κ1) is 73.5. The van der Waals surface area contributed by atoms with Gasteiger partial charge in [-0.1, -0.05) is 96.3 Å². The van der Waals surface area contributed by atoms with Gasteiger partial charge in [0.15, 0.2) is 29.2 Å². The number of aromatic nitrogens is 7. The first-order valence-electron chi connectivity index (χ1n) is 27.2. The summed E-state index contributed by atoms with van der Waals surface area (Å²) in [5.74, 6) is -0.401. The number of amides is 3. The summed E-state index contributed by atoms with van der Waals surface area (Å²) in [6, 6.07) is 26.8. The average Bonchev–Trinajstić information content (AvgIpc) is 2.19. The van der Waals surface area contributed by atoms with Crippen molar-refractivity contribution in [1.82, 2.24) is 50.3 Å². The molecule has 4 aromatic carbocycles. The molecular weight excluding hydrogens is 1280 g/mol. The van der Waals surface area contributed by atoms with Crippen LogP contribution in [0.1, 0.15) is 62.2 Å². The highest BCUT2D eigenvalue weighted by atomic mass is 127. The number of rotatable bonds is 22. The molecule has 26 heteroatoms. The number of oxazole rings is 1. The molecule has 0 aliphatic heterocycles. The number of carbonyl (C=O) groups excluding carboxylic acids is 4. The molecule has 0 aliphatic rings. The summed E-state index contributed by atoms with van der Waals surface area (Å²) in [4.78, 5) is 54.5. The first-order chi connectivity index (χ1) is 39.6. The Morgan fingerprint density at radius 2 is 1.03 bits per heavy atom. The SMILES string of the molecule is C.C.C#[N+]CS(=O)(=O)c1ccc(C)cc1.CNC(=O)c1nn(COCC[Si](C)(C)C)c2ccc(-c3cnco3)cc12.CNC(=O)c1nn(COCC[Si](C)(C)C)c2ccc(C=O)cc12.CNC(=O)c1nn(COCC[Si](C)(C)C)c2ccc(I)cc12. The van der Waals surface area contributed by atoms with E-state index in [1.54, 1.807) is 83.8 Å². The fourth-order valence-corrected chi connectivity index (χ4v) is 11.4. The van der Waals surface area contributed by atoms with E-state index in [2.05, 4.69) is 123 Å². The number of fused-ring (bicyclic) bond motifs is 3. The maximum atomic E-state index is 12.2. The molecule has 4 heterocycles. The molecule has 0 saturated heterocycles. The van der Waals surface area contributed by atoms with E-state index in [0.29, 0.717) is 67.2 Å². The summed E-state index contributed by atoms with van der Waals surface area (Å²) in [7, 11) is -1.92. The van der Waals surface area contributed by atoms with Gasteiger partial charge in [-0.05, 0) is 114 Å². The maximum Gasteiger partial charge on any atom is 0.364 e. The van der Waals surface area contributed by atoms with Crippen LogP contribution >= 0.6 is 22.6 Å². The minimum atomic E-state index is -3.32. The van der Waals surface area contributed by atoms with Crippen LogP contribution in [0.3, 0.4) is 0 Å². The molecule has 0 fully saturated rings. The number of nitrogens with one attached hydrogen (secondary N) is 3. The third kappa shape index (κ3) is 21.9. The first-order valence-corrected chi connectivity index (χ1v) is 41.0. The summed E-state index contributed by atoms with van der Waals surface area (Å²) in [6.07, 6.45) is 3.79. The van der Waals surface area contributed by atoms with Gasteiger partial charge in [0.2, 0.25) is 0 Å². The minimum absolute atomic E-state index is 0. The van der Waals surface area contributed by atoms with E-state index in [9.17, 15) is 27.6 Å². The largest absolute Gasteiger partial charge is 0.444 e. The van der Waals surface area contributed by atoms with Gasteiger partial charge in [-0.3, -0.25) is 19.2 Å². The van der Waals surface area contributed by atoms with Crippen molar-refractivity contribution in [2.75, 3.05) is 46.8 Å². The van der Waals surface area contributed by atoms with Crippen molar-refractivity contribution in [3.8, 4) is 17.9 Å². The number of aryl methyl sites for hydroxylation is 1. The van der Waals surface area contributed by atoms with Crippen LogP contribution in [-0.2, 0) is 44.2 Å². The number of sulfone groups is 1. The van der Waals surface area contributed by atoms with E-state index < -0.39 is 34.1 Å². The van der Waals surface area contributed by atoms with E-state index in [1.807, 2.05) is 43.3 Å². The Morgan fingerprint density at radius 1 is 0.628 bits per heavy atom. The highest BCUT2D eigenvalue weighted by molar-refractivity contribution is 14.1. The van der Waals surface area contributed by atoms with Gasteiger partial charge in [-0.15, -0.1) is 0 Å². The Labute approximate surface area is 523 Å².